The molecule has 0 amide bonds. The maximum absolute atomic E-state index is 10.7. The number of rotatable bonds is 6. The predicted molar refractivity (Wildman–Crippen MR) is 78.0 cm³/mol. The Morgan fingerprint density at radius 2 is 1.80 bits per heavy atom. The highest BCUT2D eigenvalue weighted by molar-refractivity contribution is 5.87. The number of carboxylic acids is 1. The summed E-state index contributed by atoms with van der Waals surface area (Å²) in [5, 5.41) is 21.2. The summed E-state index contributed by atoms with van der Waals surface area (Å²) in [6, 6.07) is 14.5. The molecule has 4 nitrogen and oxygen atoms in total. The SMILES string of the molecule is O=C(O)c1ccc(CCNc2cccc(CO)c2)cc1. The number of carbonyl (C=O) groups is 1. The number of benzene rings is 2. The summed E-state index contributed by atoms with van der Waals surface area (Å²) in [7, 11) is 0. The molecule has 20 heavy (non-hydrogen) atoms. The Morgan fingerprint density at radius 1 is 1.05 bits per heavy atom. The highest BCUT2D eigenvalue weighted by Crippen LogP contribution is 2.11. The maximum atomic E-state index is 10.7. The van der Waals surface area contributed by atoms with Crippen molar-refractivity contribution >= 4 is 11.7 Å². The van der Waals surface area contributed by atoms with Gasteiger partial charge in [0.05, 0.1) is 12.2 Å². The fraction of sp³-hybridized carbons (Fsp3) is 0.188. The summed E-state index contributed by atoms with van der Waals surface area (Å²) in [6.45, 7) is 0.785. The van der Waals surface area contributed by atoms with Gasteiger partial charge in [-0.2, -0.15) is 0 Å². The molecule has 0 atom stereocenters. The van der Waals surface area contributed by atoms with Crippen molar-refractivity contribution in [2.24, 2.45) is 0 Å². The van der Waals surface area contributed by atoms with Gasteiger partial charge in [-0.05, 0) is 41.8 Å². The molecular formula is C16H17NO3. The lowest BCUT2D eigenvalue weighted by atomic mass is 10.1. The van der Waals surface area contributed by atoms with Crippen molar-refractivity contribution in [1.82, 2.24) is 0 Å². The predicted octanol–water partition coefficient (Wildman–Crippen LogP) is 2.53. The van der Waals surface area contributed by atoms with E-state index < -0.39 is 5.97 Å². The van der Waals surface area contributed by atoms with Crippen molar-refractivity contribution in [2.45, 2.75) is 13.0 Å². The molecule has 0 spiro atoms. The molecule has 0 unspecified atom stereocenters. The van der Waals surface area contributed by atoms with Gasteiger partial charge in [0.1, 0.15) is 0 Å². The highest BCUT2D eigenvalue weighted by Gasteiger charge is 2.01. The average molecular weight is 271 g/mol. The number of aliphatic hydroxyl groups excluding tert-OH is 1. The van der Waals surface area contributed by atoms with Crippen LogP contribution in [0.2, 0.25) is 0 Å². The van der Waals surface area contributed by atoms with Crippen LogP contribution >= 0.6 is 0 Å². The number of hydrogen-bond donors (Lipinski definition) is 3. The highest BCUT2D eigenvalue weighted by atomic mass is 16.4. The summed E-state index contributed by atoms with van der Waals surface area (Å²) in [4.78, 5) is 10.7. The lowest BCUT2D eigenvalue weighted by Gasteiger charge is -2.08. The number of anilines is 1. The summed E-state index contributed by atoms with van der Waals surface area (Å²) in [5.41, 5.74) is 3.23. The lowest BCUT2D eigenvalue weighted by Crippen LogP contribution is -2.05. The average Bonchev–Trinajstić information content (AvgIpc) is 2.48. The topological polar surface area (TPSA) is 69.6 Å². The van der Waals surface area contributed by atoms with Crippen LogP contribution in [0, 0.1) is 0 Å². The zero-order valence-corrected chi connectivity index (χ0v) is 11.0. The van der Waals surface area contributed by atoms with Crippen LogP contribution in [-0.2, 0) is 13.0 Å². The zero-order valence-electron chi connectivity index (χ0n) is 11.0. The second-order valence-electron chi connectivity index (χ2n) is 4.54. The summed E-state index contributed by atoms with van der Waals surface area (Å²) < 4.78 is 0. The van der Waals surface area contributed by atoms with Crippen LogP contribution < -0.4 is 5.32 Å². The van der Waals surface area contributed by atoms with Crippen LogP contribution in [0.4, 0.5) is 5.69 Å². The van der Waals surface area contributed by atoms with E-state index in [2.05, 4.69) is 5.32 Å². The molecule has 3 N–H and O–H groups in total. The normalized spacial score (nSPS) is 10.2. The van der Waals surface area contributed by atoms with Crippen molar-refractivity contribution in [3.8, 4) is 0 Å². The Bertz CT molecular complexity index is 579. The molecule has 0 aromatic heterocycles. The first-order valence-corrected chi connectivity index (χ1v) is 6.45. The molecule has 2 aromatic carbocycles. The molecule has 0 aliphatic rings. The molecule has 4 heteroatoms. The molecule has 0 bridgehead atoms. The van der Waals surface area contributed by atoms with E-state index in [1.165, 1.54) is 0 Å². The smallest absolute Gasteiger partial charge is 0.335 e. The zero-order chi connectivity index (χ0) is 14.4. The summed E-state index contributed by atoms with van der Waals surface area (Å²) in [6.07, 6.45) is 0.809. The molecule has 0 heterocycles. The molecule has 2 rings (SSSR count). The molecule has 104 valence electrons. The fourth-order valence-electron chi connectivity index (χ4n) is 1.94. The van der Waals surface area contributed by atoms with Crippen LogP contribution in [0.15, 0.2) is 48.5 Å². The van der Waals surface area contributed by atoms with Crippen molar-refractivity contribution in [3.63, 3.8) is 0 Å². The fourth-order valence-corrected chi connectivity index (χ4v) is 1.94. The van der Waals surface area contributed by atoms with E-state index in [9.17, 15) is 4.79 Å². The number of aromatic carboxylic acids is 1. The number of hydrogen-bond acceptors (Lipinski definition) is 3. The van der Waals surface area contributed by atoms with Gasteiger partial charge in [-0.3, -0.25) is 0 Å². The van der Waals surface area contributed by atoms with Gasteiger partial charge in [0, 0.05) is 12.2 Å². The third-order valence-electron chi connectivity index (χ3n) is 3.05. The van der Waals surface area contributed by atoms with E-state index >= 15 is 0 Å². The number of carboxylic acid groups (broad SMARTS) is 1. The minimum atomic E-state index is -0.907. The largest absolute Gasteiger partial charge is 0.478 e. The van der Waals surface area contributed by atoms with Gasteiger partial charge in [0.2, 0.25) is 0 Å². The first-order chi connectivity index (χ1) is 9.69. The monoisotopic (exact) mass is 271 g/mol. The molecule has 0 radical (unpaired) electrons. The Hall–Kier alpha value is -2.33. The van der Waals surface area contributed by atoms with E-state index in [-0.39, 0.29) is 6.61 Å². The first-order valence-electron chi connectivity index (χ1n) is 6.45. The minimum Gasteiger partial charge on any atom is -0.478 e. The second-order valence-corrected chi connectivity index (χ2v) is 4.54. The van der Waals surface area contributed by atoms with Crippen LogP contribution in [0.3, 0.4) is 0 Å². The van der Waals surface area contributed by atoms with Crippen molar-refractivity contribution < 1.29 is 15.0 Å². The Kier molecular flexibility index (Phi) is 4.74. The van der Waals surface area contributed by atoms with E-state index in [0.717, 1.165) is 29.8 Å². The van der Waals surface area contributed by atoms with Crippen LogP contribution in [0.25, 0.3) is 0 Å². The quantitative estimate of drug-likeness (QED) is 0.755. The first kappa shape index (κ1) is 14.1. The van der Waals surface area contributed by atoms with Gasteiger partial charge in [0.15, 0.2) is 0 Å². The molecule has 0 aliphatic heterocycles. The molecular weight excluding hydrogens is 254 g/mol. The Morgan fingerprint density at radius 3 is 2.45 bits per heavy atom. The van der Waals surface area contributed by atoms with E-state index in [4.69, 9.17) is 10.2 Å². The molecule has 0 aliphatic carbocycles. The van der Waals surface area contributed by atoms with Crippen molar-refractivity contribution in [1.29, 1.82) is 0 Å². The molecule has 2 aromatic rings. The van der Waals surface area contributed by atoms with Gasteiger partial charge < -0.3 is 15.5 Å². The Labute approximate surface area is 117 Å². The molecule has 0 saturated carbocycles. The van der Waals surface area contributed by atoms with Crippen molar-refractivity contribution in [2.75, 3.05) is 11.9 Å². The molecule has 0 saturated heterocycles. The summed E-state index contributed by atoms with van der Waals surface area (Å²) in [5.74, 6) is -0.907. The number of nitrogens with one attached hydrogen (secondary N) is 1. The van der Waals surface area contributed by atoms with Gasteiger partial charge in [0.25, 0.3) is 0 Å². The maximum Gasteiger partial charge on any atom is 0.335 e. The standard InChI is InChI=1S/C16H17NO3/c18-11-13-2-1-3-15(10-13)17-9-8-12-4-6-14(7-5-12)16(19)20/h1-7,10,17-18H,8-9,11H2,(H,19,20). The third-order valence-corrected chi connectivity index (χ3v) is 3.05. The second kappa shape index (κ2) is 6.73. The van der Waals surface area contributed by atoms with Crippen molar-refractivity contribution in [3.05, 3.63) is 65.2 Å². The minimum absolute atomic E-state index is 0.0339. The third kappa shape index (κ3) is 3.83. The van der Waals surface area contributed by atoms with Crippen LogP contribution in [0.5, 0.6) is 0 Å². The van der Waals surface area contributed by atoms with Gasteiger partial charge in [-0.25, -0.2) is 4.79 Å². The lowest BCUT2D eigenvalue weighted by molar-refractivity contribution is 0.0697. The van der Waals surface area contributed by atoms with Gasteiger partial charge in [-0.15, -0.1) is 0 Å². The Balaban J connectivity index is 1.87. The number of aliphatic hydroxyl groups is 1. The van der Waals surface area contributed by atoms with Gasteiger partial charge in [-0.1, -0.05) is 24.3 Å². The van der Waals surface area contributed by atoms with Crippen LogP contribution in [0.1, 0.15) is 21.5 Å². The molecule has 0 fully saturated rings. The van der Waals surface area contributed by atoms with E-state index in [1.807, 2.05) is 36.4 Å². The van der Waals surface area contributed by atoms with Gasteiger partial charge >= 0.3 is 5.97 Å². The summed E-state index contributed by atoms with van der Waals surface area (Å²) >= 11 is 0. The van der Waals surface area contributed by atoms with E-state index in [0.29, 0.717) is 5.56 Å². The van der Waals surface area contributed by atoms with E-state index in [1.54, 1.807) is 12.1 Å². The van der Waals surface area contributed by atoms with Crippen LogP contribution in [-0.4, -0.2) is 22.7 Å².